The lowest BCUT2D eigenvalue weighted by Crippen LogP contribution is -2.13. The van der Waals surface area contributed by atoms with Crippen LogP contribution in [-0.4, -0.2) is 28.2 Å². The number of hydrogen-bond acceptors (Lipinski definition) is 6. The summed E-state index contributed by atoms with van der Waals surface area (Å²) < 4.78 is 36.2. The molecule has 0 unspecified atom stereocenters. The molecule has 0 amide bonds. The molecule has 2 aromatic heterocycles. The second-order valence-corrected chi connectivity index (χ2v) is 9.41. The van der Waals surface area contributed by atoms with Crippen LogP contribution in [0, 0.1) is 13.8 Å². The second kappa shape index (κ2) is 8.60. The highest BCUT2D eigenvalue weighted by Gasteiger charge is 2.17. The summed E-state index contributed by atoms with van der Waals surface area (Å²) in [5, 5.41) is 5.95. The Kier molecular flexibility index (Phi) is 5.46. The quantitative estimate of drug-likeness (QED) is 0.373. The number of aryl methyl sites for hydroxylation is 2. The van der Waals surface area contributed by atoms with E-state index in [1.807, 2.05) is 44.2 Å². The highest BCUT2D eigenvalue weighted by atomic mass is 32.2. The van der Waals surface area contributed by atoms with Gasteiger partial charge in [0, 0.05) is 22.8 Å². The topological polar surface area (TPSA) is 99.0 Å². The van der Waals surface area contributed by atoms with Crippen molar-refractivity contribution in [3.8, 4) is 17.4 Å². The normalized spacial score (nSPS) is 11.5. The zero-order valence-electron chi connectivity index (χ0n) is 18.5. The van der Waals surface area contributed by atoms with Crippen LogP contribution in [0.3, 0.4) is 0 Å². The van der Waals surface area contributed by atoms with Crippen molar-refractivity contribution in [2.75, 3.05) is 4.72 Å². The minimum atomic E-state index is -3.77. The SMILES string of the molecule is Cc1cc(C)n(-c2cc(Oc3ccc(NS(=O)(=O)c4cccc5ccccc45)cc3)ncn2)n1. The van der Waals surface area contributed by atoms with E-state index in [4.69, 9.17) is 4.74 Å². The number of fused-ring (bicyclic) bond motifs is 1. The smallest absolute Gasteiger partial charge is 0.262 e. The molecule has 34 heavy (non-hydrogen) atoms. The molecule has 3 aromatic carbocycles. The van der Waals surface area contributed by atoms with Crippen LogP contribution >= 0.6 is 0 Å². The Bertz CT molecular complexity index is 1590. The maximum absolute atomic E-state index is 13.0. The summed E-state index contributed by atoms with van der Waals surface area (Å²) in [6.45, 7) is 3.86. The van der Waals surface area contributed by atoms with Crippen molar-refractivity contribution >= 4 is 26.5 Å². The third kappa shape index (κ3) is 4.33. The average Bonchev–Trinajstić information content (AvgIpc) is 3.18. The zero-order chi connectivity index (χ0) is 23.7. The van der Waals surface area contributed by atoms with Crippen LogP contribution in [0.25, 0.3) is 16.6 Å². The van der Waals surface area contributed by atoms with E-state index in [0.29, 0.717) is 28.5 Å². The van der Waals surface area contributed by atoms with Gasteiger partial charge in [-0.3, -0.25) is 4.72 Å². The summed E-state index contributed by atoms with van der Waals surface area (Å²) in [5.74, 6) is 1.45. The van der Waals surface area contributed by atoms with Crippen molar-refractivity contribution in [1.29, 1.82) is 0 Å². The number of nitrogens with zero attached hydrogens (tertiary/aromatic N) is 4. The van der Waals surface area contributed by atoms with Crippen molar-refractivity contribution in [3.05, 3.63) is 96.6 Å². The van der Waals surface area contributed by atoms with Gasteiger partial charge in [-0.1, -0.05) is 36.4 Å². The summed E-state index contributed by atoms with van der Waals surface area (Å²) in [6.07, 6.45) is 1.41. The molecular formula is C25H21N5O3S. The maximum atomic E-state index is 13.0. The first-order chi connectivity index (χ1) is 16.4. The molecule has 2 heterocycles. The highest BCUT2D eigenvalue weighted by Crippen LogP contribution is 2.27. The monoisotopic (exact) mass is 471 g/mol. The molecule has 5 rings (SSSR count). The van der Waals surface area contributed by atoms with E-state index >= 15 is 0 Å². The standard InChI is InChI=1S/C25H21N5O3S/c1-17-14-18(2)30(28-17)24-15-25(27-16-26-24)33-21-12-10-20(11-13-21)29-34(31,32)23-9-5-7-19-6-3-4-8-22(19)23/h3-16,29H,1-2H3. The van der Waals surface area contributed by atoms with Crippen LogP contribution in [0.4, 0.5) is 5.69 Å². The van der Waals surface area contributed by atoms with Crippen LogP contribution in [0.5, 0.6) is 11.6 Å². The molecule has 0 saturated carbocycles. The Labute approximate surface area is 196 Å². The van der Waals surface area contributed by atoms with Gasteiger partial charge < -0.3 is 4.74 Å². The van der Waals surface area contributed by atoms with Gasteiger partial charge in [-0.2, -0.15) is 5.10 Å². The molecular weight excluding hydrogens is 450 g/mol. The molecule has 1 N–H and O–H groups in total. The molecule has 9 heteroatoms. The highest BCUT2D eigenvalue weighted by molar-refractivity contribution is 7.93. The van der Waals surface area contributed by atoms with Gasteiger partial charge in [0.25, 0.3) is 10.0 Å². The number of sulfonamides is 1. The maximum Gasteiger partial charge on any atom is 0.262 e. The van der Waals surface area contributed by atoms with Crippen LogP contribution in [0.2, 0.25) is 0 Å². The van der Waals surface area contributed by atoms with Gasteiger partial charge in [0.05, 0.1) is 10.6 Å². The Morgan fingerprint density at radius 3 is 2.41 bits per heavy atom. The first kappa shape index (κ1) is 21.6. The van der Waals surface area contributed by atoms with Gasteiger partial charge in [-0.15, -0.1) is 0 Å². The Balaban J connectivity index is 1.34. The van der Waals surface area contributed by atoms with Crippen LogP contribution in [-0.2, 0) is 10.0 Å². The van der Waals surface area contributed by atoms with Crippen molar-refractivity contribution in [3.63, 3.8) is 0 Å². The van der Waals surface area contributed by atoms with E-state index in [2.05, 4.69) is 19.8 Å². The van der Waals surface area contributed by atoms with Gasteiger partial charge in [0.15, 0.2) is 5.82 Å². The number of anilines is 1. The summed E-state index contributed by atoms with van der Waals surface area (Å²) in [4.78, 5) is 8.65. The number of benzene rings is 3. The van der Waals surface area contributed by atoms with Gasteiger partial charge >= 0.3 is 0 Å². The lowest BCUT2D eigenvalue weighted by molar-refractivity contribution is 0.460. The van der Waals surface area contributed by atoms with Crippen molar-refractivity contribution in [2.45, 2.75) is 18.7 Å². The molecule has 0 radical (unpaired) electrons. The first-order valence-corrected chi connectivity index (χ1v) is 12.0. The summed E-state index contributed by atoms with van der Waals surface area (Å²) in [6, 6.07) is 22.9. The molecule has 170 valence electrons. The van der Waals surface area contributed by atoms with E-state index in [1.165, 1.54) is 6.33 Å². The number of aromatic nitrogens is 4. The van der Waals surface area contributed by atoms with E-state index in [9.17, 15) is 8.42 Å². The zero-order valence-corrected chi connectivity index (χ0v) is 19.3. The molecule has 0 aliphatic rings. The molecule has 0 spiro atoms. The molecule has 0 aliphatic carbocycles. The van der Waals surface area contributed by atoms with Crippen molar-refractivity contribution in [2.24, 2.45) is 0 Å². The first-order valence-electron chi connectivity index (χ1n) is 10.5. The van der Waals surface area contributed by atoms with Gasteiger partial charge in [-0.25, -0.2) is 23.1 Å². The van der Waals surface area contributed by atoms with Gasteiger partial charge in [-0.05, 0) is 55.6 Å². The molecule has 0 aliphatic heterocycles. The van der Waals surface area contributed by atoms with E-state index in [0.717, 1.165) is 16.8 Å². The fourth-order valence-electron chi connectivity index (χ4n) is 3.71. The van der Waals surface area contributed by atoms with Gasteiger partial charge in [0.1, 0.15) is 12.1 Å². The predicted molar refractivity (Wildman–Crippen MR) is 130 cm³/mol. The van der Waals surface area contributed by atoms with E-state index in [1.54, 1.807) is 53.2 Å². The van der Waals surface area contributed by atoms with Crippen LogP contribution < -0.4 is 9.46 Å². The molecule has 8 nitrogen and oxygen atoms in total. The number of hydrogen-bond donors (Lipinski definition) is 1. The Morgan fingerprint density at radius 2 is 1.65 bits per heavy atom. The largest absolute Gasteiger partial charge is 0.439 e. The van der Waals surface area contributed by atoms with Crippen molar-refractivity contribution < 1.29 is 13.2 Å². The lowest BCUT2D eigenvalue weighted by Gasteiger charge is -2.11. The van der Waals surface area contributed by atoms with E-state index in [-0.39, 0.29) is 4.90 Å². The fourth-order valence-corrected chi connectivity index (χ4v) is 5.00. The molecule has 0 saturated heterocycles. The summed E-state index contributed by atoms with van der Waals surface area (Å²) in [5.41, 5.74) is 2.26. The van der Waals surface area contributed by atoms with Crippen LogP contribution in [0.15, 0.2) is 90.1 Å². The summed E-state index contributed by atoms with van der Waals surface area (Å²) >= 11 is 0. The predicted octanol–water partition coefficient (Wildman–Crippen LogP) is 5.03. The number of nitrogens with one attached hydrogen (secondary N) is 1. The number of rotatable bonds is 6. The summed E-state index contributed by atoms with van der Waals surface area (Å²) in [7, 11) is -3.77. The van der Waals surface area contributed by atoms with Crippen molar-refractivity contribution in [1.82, 2.24) is 19.7 Å². The van der Waals surface area contributed by atoms with Gasteiger partial charge in [0.2, 0.25) is 5.88 Å². The molecule has 0 bridgehead atoms. The molecule has 5 aromatic rings. The van der Waals surface area contributed by atoms with E-state index < -0.39 is 10.0 Å². The lowest BCUT2D eigenvalue weighted by atomic mass is 10.1. The fraction of sp³-hybridized carbons (Fsp3) is 0.0800. The second-order valence-electron chi connectivity index (χ2n) is 7.76. The average molecular weight is 472 g/mol. The third-order valence-corrected chi connectivity index (χ3v) is 6.66. The minimum absolute atomic E-state index is 0.226. The molecule has 0 fully saturated rings. The third-order valence-electron chi connectivity index (χ3n) is 5.22. The van der Waals surface area contributed by atoms with Crippen LogP contribution in [0.1, 0.15) is 11.4 Å². The minimum Gasteiger partial charge on any atom is -0.439 e. The Morgan fingerprint density at radius 1 is 0.882 bits per heavy atom. The Hall–Kier alpha value is -4.24. The number of ether oxygens (including phenoxy) is 1. The molecule has 0 atom stereocenters.